The van der Waals surface area contributed by atoms with Crippen molar-refractivity contribution in [3.8, 4) is 5.95 Å². The molecule has 0 radical (unpaired) electrons. The number of ether oxygens (including phenoxy) is 1. The predicted octanol–water partition coefficient (Wildman–Crippen LogP) is 0.356. The average molecular weight is 188 g/mol. The normalized spacial score (nSPS) is 7.27. The summed E-state index contributed by atoms with van der Waals surface area (Å²) in [6.45, 7) is 0. The van der Waals surface area contributed by atoms with Gasteiger partial charge in [0.25, 0.3) is 5.95 Å². The van der Waals surface area contributed by atoms with Gasteiger partial charge in [-0.3, -0.25) is 0 Å². The van der Waals surface area contributed by atoms with Crippen LogP contribution < -0.4 is 4.74 Å². The van der Waals surface area contributed by atoms with E-state index in [0.717, 1.165) is 0 Å². The fraction of sp³-hybridized carbons (Fsp3) is 0. The first kappa shape index (κ1) is 13.4. The Hall–Kier alpha value is -0.230. The fourth-order valence-corrected chi connectivity index (χ4v) is 0.408. The van der Waals surface area contributed by atoms with Gasteiger partial charge in [-0.2, -0.15) is 0 Å². The smallest absolute Gasteiger partial charge is 1.00 e. The van der Waals surface area contributed by atoms with E-state index < -0.39 is 6.16 Å². The van der Waals surface area contributed by atoms with Gasteiger partial charge in [0.15, 0.2) is 0 Å². The first-order valence-electron chi connectivity index (χ1n) is 2.23. The standard InChI is InChI=1S/C5H4O4.Ca.H2O.2H/c6-5(7)9-4-2-1-3-8-4;;;;/h1-3H,(H,6,7);;1H2;;/q;+2;;2*-1. The van der Waals surface area contributed by atoms with Crippen molar-refractivity contribution in [2.24, 2.45) is 0 Å². The van der Waals surface area contributed by atoms with Crippen molar-refractivity contribution >= 4 is 43.9 Å². The Bertz CT molecular complexity index is 203. The van der Waals surface area contributed by atoms with Gasteiger partial charge in [-0.15, -0.1) is 0 Å². The Morgan fingerprint density at radius 2 is 2.36 bits per heavy atom. The Morgan fingerprint density at radius 3 is 2.73 bits per heavy atom. The van der Waals surface area contributed by atoms with E-state index in [4.69, 9.17) is 5.11 Å². The van der Waals surface area contributed by atoms with Crippen LogP contribution in [0.3, 0.4) is 0 Å². The number of hydrogen-bond acceptors (Lipinski definition) is 3. The number of hydrogen-bond donors (Lipinski definition) is 1. The molecule has 0 saturated carbocycles. The molecule has 0 aromatic carbocycles. The summed E-state index contributed by atoms with van der Waals surface area (Å²) in [5.41, 5.74) is 0. The zero-order valence-electron chi connectivity index (χ0n) is 7.61. The first-order valence-corrected chi connectivity index (χ1v) is 2.23. The zero-order chi connectivity index (χ0) is 6.69. The minimum atomic E-state index is -1.37. The van der Waals surface area contributed by atoms with E-state index in [1.165, 1.54) is 18.4 Å². The first-order chi connectivity index (χ1) is 4.29. The second-order valence-corrected chi connectivity index (χ2v) is 1.30. The van der Waals surface area contributed by atoms with Crippen molar-refractivity contribution in [3.05, 3.63) is 18.4 Å². The van der Waals surface area contributed by atoms with Crippen LogP contribution >= 0.6 is 0 Å². The molecule has 60 valence electrons. The minimum Gasteiger partial charge on any atom is -1.00 e. The summed E-state index contributed by atoms with van der Waals surface area (Å²) in [5.74, 6) is -0.0116. The summed E-state index contributed by atoms with van der Waals surface area (Å²) in [4.78, 5) is 9.78. The molecule has 3 N–H and O–H groups in total. The summed E-state index contributed by atoms with van der Waals surface area (Å²) in [6.07, 6.45) is -0.0388. The maximum absolute atomic E-state index is 9.78. The number of carbonyl (C=O) groups is 1. The molecule has 0 aliphatic heterocycles. The summed E-state index contributed by atoms with van der Waals surface area (Å²) >= 11 is 0. The van der Waals surface area contributed by atoms with Crippen molar-refractivity contribution < 1.29 is 27.4 Å². The van der Waals surface area contributed by atoms with Crippen molar-refractivity contribution in [2.45, 2.75) is 0 Å². The van der Waals surface area contributed by atoms with E-state index in [0.29, 0.717) is 0 Å². The van der Waals surface area contributed by atoms with Crippen LogP contribution in [-0.4, -0.2) is 54.5 Å². The molecule has 6 heteroatoms. The van der Waals surface area contributed by atoms with Gasteiger partial charge in [-0.25, -0.2) is 4.79 Å². The van der Waals surface area contributed by atoms with E-state index in [9.17, 15) is 4.79 Å². The van der Waals surface area contributed by atoms with Crippen LogP contribution in [0, 0.1) is 0 Å². The van der Waals surface area contributed by atoms with Crippen molar-refractivity contribution in [3.63, 3.8) is 0 Å². The molecule has 0 atom stereocenters. The van der Waals surface area contributed by atoms with Gasteiger partial charge < -0.3 is 22.6 Å². The largest absolute Gasteiger partial charge is 2.00 e. The van der Waals surface area contributed by atoms with Crippen LogP contribution in [0.4, 0.5) is 4.79 Å². The molecule has 0 bridgehead atoms. The van der Waals surface area contributed by atoms with E-state index in [1.54, 1.807) is 0 Å². The average Bonchev–Trinajstić information content (AvgIpc) is 2.15. The number of rotatable bonds is 1. The summed E-state index contributed by atoms with van der Waals surface area (Å²) < 4.78 is 8.65. The van der Waals surface area contributed by atoms with Gasteiger partial charge in [0, 0.05) is 6.07 Å². The second-order valence-electron chi connectivity index (χ2n) is 1.30. The third-order valence-electron chi connectivity index (χ3n) is 0.683. The van der Waals surface area contributed by atoms with E-state index in [2.05, 4.69) is 9.15 Å². The van der Waals surface area contributed by atoms with Crippen molar-refractivity contribution in [2.75, 3.05) is 0 Å². The SMILES string of the molecule is O.O=C(O)Oc1ccco1.[Ca+2].[H-].[H-]. The molecule has 11 heavy (non-hydrogen) atoms. The van der Waals surface area contributed by atoms with Crippen LogP contribution in [0.2, 0.25) is 0 Å². The molecule has 0 aliphatic carbocycles. The Balaban J connectivity index is -0.000000101. The molecule has 0 spiro atoms. The summed E-state index contributed by atoms with van der Waals surface area (Å²) in [5, 5.41) is 8.00. The van der Waals surface area contributed by atoms with E-state index >= 15 is 0 Å². The number of furan rings is 1. The molecule has 0 unspecified atom stereocenters. The van der Waals surface area contributed by atoms with Crippen LogP contribution in [0.15, 0.2) is 22.8 Å². The van der Waals surface area contributed by atoms with Crippen molar-refractivity contribution in [1.82, 2.24) is 0 Å². The summed E-state index contributed by atoms with van der Waals surface area (Å²) in [6, 6.07) is 2.95. The van der Waals surface area contributed by atoms with E-state index in [-0.39, 0.29) is 52.0 Å². The van der Waals surface area contributed by atoms with Crippen molar-refractivity contribution in [1.29, 1.82) is 0 Å². The third kappa shape index (κ3) is 5.08. The van der Waals surface area contributed by atoms with Gasteiger partial charge in [0.2, 0.25) is 0 Å². The van der Waals surface area contributed by atoms with Crippen LogP contribution in [0.25, 0.3) is 0 Å². The predicted molar refractivity (Wildman–Crippen MR) is 39.0 cm³/mol. The maximum atomic E-state index is 9.78. The zero-order valence-corrected chi connectivity index (χ0v) is 7.82. The maximum Gasteiger partial charge on any atom is 2.00 e. The second kappa shape index (κ2) is 6.48. The molecule has 0 saturated heterocycles. The van der Waals surface area contributed by atoms with Crippen LogP contribution in [-0.2, 0) is 0 Å². The van der Waals surface area contributed by atoms with Gasteiger partial charge in [0.05, 0.1) is 6.26 Å². The van der Waals surface area contributed by atoms with Crippen LogP contribution in [0.5, 0.6) is 5.95 Å². The molecule has 0 fully saturated rings. The molecule has 1 heterocycles. The van der Waals surface area contributed by atoms with Gasteiger partial charge in [0.1, 0.15) is 0 Å². The molecular weight excluding hydrogens is 180 g/mol. The molecule has 1 aromatic heterocycles. The van der Waals surface area contributed by atoms with Gasteiger partial charge in [-0.05, 0) is 6.07 Å². The van der Waals surface area contributed by atoms with E-state index in [1.807, 2.05) is 0 Å². The monoisotopic (exact) mass is 188 g/mol. The Morgan fingerprint density at radius 1 is 1.73 bits per heavy atom. The number of carboxylic acid groups (broad SMARTS) is 1. The molecule has 1 aromatic rings. The Kier molecular flexibility index (Phi) is 7.87. The molecule has 0 amide bonds. The molecule has 1 rings (SSSR count). The van der Waals surface area contributed by atoms with Gasteiger partial charge >= 0.3 is 43.9 Å². The summed E-state index contributed by atoms with van der Waals surface area (Å²) in [7, 11) is 0. The molecule has 0 aliphatic rings. The Labute approximate surface area is 95.2 Å². The molecule has 5 nitrogen and oxygen atoms in total. The van der Waals surface area contributed by atoms with Gasteiger partial charge in [-0.1, -0.05) is 0 Å². The fourth-order valence-electron chi connectivity index (χ4n) is 0.408. The minimum absolute atomic E-state index is 0. The topological polar surface area (TPSA) is 91.2 Å². The molecular formula is C5H8CaO5. The third-order valence-corrected chi connectivity index (χ3v) is 0.683. The quantitative estimate of drug-likeness (QED) is 0.508. The van der Waals surface area contributed by atoms with Crippen LogP contribution in [0.1, 0.15) is 2.85 Å².